The predicted molar refractivity (Wildman–Crippen MR) is 92.4 cm³/mol. The molecule has 6 heteroatoms. The summed E-state index contributed by atoms with van der Waals surface area (Å²) < 4.78 is 10.9. The molecule has 132 valence electrons. The van der Waals surface area contributed by atoms with Gasteiger partial charge in [-0.05, 0) is 42.5 Å². The van der Waals surface area contributed by atoms with E-state index in [0.29, 0.717) is 29.9 Å². The van der Waals surface area contributed by atoms with Gasteiger partial charge in [-0.2, -0.15) is 0 Å². The van der Waals surface area contributed by atoms with Gasteiger partial charge in [0.15, 0.2) is 17.3 Å². The Labute approximate surface area is 146 Å². The first-order chi connectivity index (χ1) is 12.2. The highest BCUT2D eigenvalue weighted by Gasteiger charge is 2.40. The molecule has 0 amide bonds. The Bertz CT molecular complexity index is 797. The van der Waals surface area contributed by atoms with Crippen molar-refractivity contribution in [2.45, 2.75) is 38.1 Å². The van der Waals surface area contributed by atoms with Crippen molar-refractivity contribution in [3.05, 3.63) is 34.5 Å². The number of rotatable bonds is 2. The summed E-state index contributed by atoms with van der Waals surface area (Å²) in [6.07, 6.45) is 3.68. The van der Waals surface area contributed by atoms with Gasteiger partial charge in [0.2, 0.25) is 0 Å². The van der Waals surface area contributed by atoms with Gasteiger partial charge >= 0.3 is 0 Å². The summed E-state index contributed by atoms with van der Waals surface area (Å²) in [5, 5.41) is 13.0. The van der Waals surface area contributed by atoms with Crippen molar-refractivity contribution in [3.8, 4) is 11.5 Å². The molecule has 0 saturated carbocycles. The van der Waals surface area contributed by atoms with E-state index in [9.17, 15) is 10.0 Å². The van der Waals surface area contributed by atoms with Crippen molar-refractivity contribution in [2.24, 2.45) is 5.16 Å². The van der Waals surface area contributed by atoms with E-state index in [-0.39, 0.29) is 11.8 Å². The van der Waals surface area contributed by atoms with Crippen LogP contribution in [0.15, 0.2) is 28.6 Å². The molecule has 0 radical (unpaired) electrons. The number of methoxy groups -OCH3 is 2. The van der Waals surface area contributed by atoms with Crippen molar-refractivity contribution in [1.82, 2.24) is 4.90 Å². The number of oxime groups is 1. The van der Waals surface area contributed by atoms with Crippen molar-refractivity contribution >= 4 is 11.5 Å². The van der Waals surface area contributed by atoms with Crippen molar-refractivity contribution < 1.29 is 19.5 Å². The van der Waals surface area contributed by atoms with E-state index >= 15 is 0 Å². The van der Waals surface area contributed by atoms with Gasteiger partial charge in [0.25, 0.3) is 0 Å². The quantitative estimate of drug-likeness (QED) is 0.661. The smallest absolute Gasteiger partial charge is 0.166 e. The first kappa shape index (κ1) is 16.0. The maximum absolute atomic E-state index is 12.4. The molecule has 1 N–H and O–H groups in total. The second kappa shape index (κ2) is 6.10. The summed E-state index contributed by atoms with van der Waals surface area (Å²) in [6.45, 7) is 0.859. The van der Waals surface area contributed by atoms with Crippen LogP contribution >= 0.6 is 0 Å². The molecule has 2 aliphatic heterocycles. The van der Waals surface area contributed by atoms with Crippen LogP contribution in [0.2, 0.25) is 0 Å². The fourth-order valence-corrected chi connectivity index (χ4v) is 4.39. The Morgan fingerprint density at radius 2 is 1.92 bits per heavy atom. The molecule has 1 aliphatic carbocycles. The monoisotopic (exact) mass is 342 g/mol. The van der Waals surface area contributed by atoms with Gasteiger partial charge in [-0.15, -0.1) is 0 Å². The molecule has 2 heterocycles. The zero-order chi connectivity index (χ0) is 17.6. The molecule has 0 unspecified atom stereocenters. The lowest BCUT2D eigenvalue weighted by Gasteiger charge is -2.45. The molecule has 3 aliphatic rings. The summed E-state index contributed by atoms with van der Waals surface area (Å²) >= 11 is 0. The van der Waals surface area contributed by atoms with Gasteiger partial charge in [0, 0.05) is 25.1 Å². The van der Waals surface area contributed by atoms with E-state index in [0.717, 1.165) is 42.8 Å². The van der Waals surface area contributed by atoms with Crippen LogP contribution in [0.3, 0.4) is 0 Å². The number of hydrogen-bond donors (Lipinski definition) is 1. The first-order valence-corrected chi connectivity index (χ1v) is 8.67. The van der Waals surface area contributed by atoms with Crippen LogP contribution in [0.4, 0.5) is 0 Å². The summed E-state index contributed by atoms with van der Waals surface area (Å²) in [5.41, 5.74) is 4.59. The number of nitrogens with zero attached hydrogens (tertiary/aromatic N) is 2. The lowest BCUT2D eigenvalue weighted by atomic mass is 9.79. The molecule has 1 aromatic carbocycles. The van der Waals surface area contributed by atoms with Crippen molar-refractivity contribution in [2.75, 3.05) is 20.8 Å². The molecule has 4 rings (SSSR count). The van der Waals surface area contributed by atoms with E-state index in [1.54, 1.807) is 14.2 Å². The summed E-state index contributed by atoms with van der Waals surface area (Å²) in [4.78, 5) is 14.7. The number of fused-ring (bicyclic) bond motifs is 4. The van der Waals surface area contributed by atoms with Crippen LogP contribution < -0.4 is 9.47 Å². The predicted octanol–water partition coefficient (Wildman–Crippen LogP) is 2.84. The highest BCUT2D eigenvalue weighted by Crippen LogP contribution is 2.46. The largest absolute Gasteiger partial charge is 0.493 e. The Balaban J connectivity index is 1.83. The first-order valence-electron chi connectivity index (χ1n) is 8.67. The Morgan fingerprint density at radius 1 is 1.16 bits per heavy atom. The fraction of sp³-hybridized carbons (Fsp3) is 0.474. The van der Waals surface area contributed by atoms with E-state index in [1.165, 1.54) is 5.56 Å². The Kier molecular flexibility index (Phi) is 3.90. The standard InChI is InChI=1S/C19H22N2O4/c1-24-17-8-11-6-7-21-14-4-3-5-16(22)19(14)13(20-23)10-15(21)12(11)9-18(17)25-2/h8-9,15,23H,3-7,10H2,1-2H3/t15-/m0/s1. The van der Waals surface area contributed by atoms with Gasteiger partial charge in [-0.3, -0.25) is 4.79 Å². The number of ketones is 1. The maximum atomic E-state index is 12.4. The number of hydrogen-bond acceptors (Lipinski definition) is 6. The van der Waals surface area contributed by atoms with Crippen LogP contribution in [0.1, 0.15) is 42.9 Å². The van der Waals surface area contributed by atoms with Gasteiger partial charge < -0.3 is 19.6 Å². The zero-order valence-electron chi connectivity index (χ0n) is 14.5. The van der Waals surface area contributed by atoms with Crippen LogP contribution in [0, 0.1) is 0 Å². The molecule has 0 fully saturated rings. The Morgan fingerprint density at radius 3 is 2.64 bits per heavy atom. The molecule has 0 saturated heterocycles. The third-order valence-corrected chi connectivity index (χ3v) is 5.53. The summed E-state index contributed by atoms with van der Waals surface area (Å²) in [7, 11) is 3.27. The lowest BCUT2D eigenvalue weighted by molar-refractivity contribution is -0.115. The van der Waals surface area contributed by atoms with Crippen LogP contribution in [-0.2, 0) is 11.2 Å². The molecule has 6 nitrogen and oxygen atoms in total. The van der Waals surface area contributed by atoms with E-state index in [1.807, 2.05) is 12.1 Å². The van der Waals surface area contributed by atoms with E-state index in [4.69, 9.17) is 9.47 Å². The molecule has 0 spiro atoms. The lowest BCUT2D eigenvalue weighted by Crippen LogP contribution is -2.43. The fourth-order valence-electron chi connectivity index (χ4n) is 4.39. The van der Waals surface area contributed by atoms with E-state index in [2.05, 4.69) is 10.1 Å². The highest BCUT2D eigenvalue weighted by atomic mass is 16.5. The molecule has 0 aromatic heterocycles. The number of carbonyl (C=O) groups is 1. The normalized spacial score (nSPS) is 23.9. The third kappa shape index (κ3) is 2.39. The maximum Gasteiger partial charge on any atom is 0.166 e. The molecule has 0 bridgehead atoms. The van der Waals surface area contributed by atoms with Crippen LogP contribution in [0.5, 0.6) is 11.5 Å². The minimum atomic E-state index is 0.0686. The van der Waals surface area contributed by atoms with Gasteiger partial charge in [-0.25, -0.2) is 0 Å². The number of Topliss-reactive ketones (excluding diaryl/α,β-unsaturated/α-hetero) is 1. The minimum Gasteiger partial charge on any atom is -0.493 e. The number of allylic oxidation sites excluding steroid dienone is 2. The zero-order valence-corrected chi connectivity index (χ0v) is 14.5. The average molecular weight is 342 g/mol. The van der Waals surface area contributed by atoms with Gasteiger partial charge in [0.1, 0.15) is 0 Å². The summed E-state index contributed by atoms with van der Waals surface area (Å²) in [6, 6.07) is 4.13. The SMILES string of the molecule is COc1cc2c(cc1OC)[C@@H]1CC(=NO)C3=C(CCCC3=O)N1CC2. The third-order valence-electron chi connectivity index (χ3n) is 5.53. The number of benzene rings is 1. The molecular formula is C19H22N2O4. The molecule has 25 heavy (non-hydrogen) atoms. The molecule has 1 aromatic rings. The van der Waals surface area contributed by atoms with Crippen LogP contribution in [-0.4, -0.2) is 42.4 Å². The molecular weight excluding hydrogens is 320 g/mol. The average Bonchev–Trinajstić information content (AvgIpc) is 2.65. The van der Waals surface area contributed by atoms with Crippen molar-refractivity contribution in [1.29, 1.82) is 0 Å². The second-order valence-electron chi connectivity index (χ2n) is 6.71. The minimum absolute atomic E-state index is 0.0686. The highest BCUT2D eigenvalue weighted by molar-refractivity contribution is 6.23. The van der Waals surface area contributed by atoms with E-state index < -0.39 is 0 Å². The number of ether oxygens (including phenoxy) is 2. The van der Waals surface area contributed by atoms with Gasteiger partial charge in [-0.1, -0.05) is 5.16 Å². The van der Waals surface area contributed by atoms with Crippen molar-refractivity contribution in [3.63, 3.8) is 0 Å². The Hall–Kier alpha value is -2.50. The topological polar surface area (TPSA) is 71.4 Å². The number of carbonyl (C=O) groups excluding carboxylic acids is 1. The second-order valence-corrected chi connectivity index (χ2v) is 6.71. The van der Waals surface area contributed by atoms with Crippen LogP contribution in [0.25, 0.3) is 0 Å². The molecule has 1 atom stereocenters. The van der Waals surface area contributed by atoms with Gasteiger partial charge in [0.05, 0.1) is 31.5 Å². The summed E-state index contributed by atoms with van der Waals surface area (Å²) in [5.74, 6) is 1.53.